The summed E-state index contributed by atoms with van der Waals surface area (Å²) >= 11 is 0. The molecule has 19 heavy (non-hydrogen) atoms. The lowest BCUT2D eigenvalue weighted by molar-refractivity contribution is -0.0139. The van der Waals surface area contributed by atoms with E-state index in [1.807, 2.05) is 13.8 Å². The summed E-state index contributed by atoms with van der Waals surface area (Å²) in [6, 6.07) is 0.115. The standard InChI is InChI=1S/C14H32N2O3/c1-11(2)5-17-8-14(9-18-6-12(3)15)10-19-7-13(4)16/h11-14H,5-10,15-16H2,1-4H3. The molecule has 0 aliphatic heterocycles. The average Bonchev–Trinajstić information content (AvgIpc) is 2.26. The molecule has 5 heteroatoms. The van der Waals surface area contributed by atoms with Crippen molar-refractivity contribution >= 4 is 0 Å². The van der Waals surface area contributed by atoms with Gasteiger partial charge in [-0.25, -0.2) is 0 Å². The molecule has 0 saturated carbocycles. The van der Waals surface area contributed by atoms with Crippen LogP contribution in [0.1, 0.15) is 27.7 Å². The van der Waals surface area contributed by atoms with Crippen LogP contribution in [0.15, 0.2) is 0 Å². The van der Waals surface area contributed by atoms with Crippen molar-refractivity contribution in [3.63, 3.8) is 0 Å². The minimum atomic E-state index is 0.0576. The second kappa shape index (κ2) is 11.6. The first-order valence-electron chi connectivity index (χ1n) is 7.16. The van der Waals surface area contributed by atoms with Crippen molar-refractivity contribution in [1.29, 1.82) is 0 Å². The van der Waals surface area contributed by atoms with Gasteiger partial charge in [-0.2, -0.15) is 0 Å². The average molecular weight is 276 g/mol. The van der Waals surface area contributed by atoms with Crippen molar-refractivity contribution in [2.24, 2.45) is 23.3 Å². The molecule has 0 aliphatic rings. The normalized spacial score (nSPS) is 16.6. The zero-order chi connectivity index (χ0) is 14.7. The van der Waals surface area contributed by atoms with Crippen LogP contribution < -0.4 is 11.5 Å². The molecule has 0 spiro atoms. The predicted molar refractivity (Wildman–Crippen MR) is 78.1 cm³/mol. The van der Waals surface area contributed by atoms with Gasteiger partial charge in [0.2, 0.25) is 0 Å². The Morgan fingerprint density at radius 1 is 0.632 bits per heavy atom. The molecule has 0 aromatic heterocycles. The fraction of sp³-hybridized carbons (Fsp3) is 1.00. The van der Waals surface area contributed by atoms with E-state index in [0.717, 1.165) is 6.61 Å². The van der Waals surface area contributed by atoms with Crippen molar-refractivity contribution in [2.45, 2.75) is 39.8 Å². The summed E-state index contributed by atoms with van der Waals surface area (Å²) in [5.41, 5.74) is 11.3. The molecule has 0 amide bonds. The van der Waals surface area contributed by atoms with Crippen LogP contribution in [0.2, 0.25) is 0 Å². The lowest BCUT2D eigenvalue weighted by Gasteiger charge is -2.19. The van der Waals surface area contributed by atoms with Crippen molar-refractivity contribution < 1.29 is 14.2 Å². The van der Waals surface area contributed by atoms with E-state index >= 15 is 0 Å². The van der Waals surface area contributed by atoms with E-state index in [-0.39, 0.29) is 18.0 Å². The summed E-state index contributed by atoms with van der Waals surface area (Å²) in [4.78, 5) is 0. The second-order valence-corrected chi connectivity index (χ2v) is 5.83. The Labute approximate surface area is 118 Å². The summed E-state index contributed by atoms with van der Waals surface area (Å²) in [5, 5.41) is 0. The lowest BCUT2D eigenvalue weighted by atomic mass is 10.2. The molecule has 0 fully saturated rings. The van der Waals surface area contributed by atoms with Gasteiger partial charge in [0.25, 0.3) is 0 Å². The molecule has 2 atom stereocenters. The third-order valence-electron chi connectivity index (χ3n) is 2.27. The molecular formula is C14H32N2O3. The van der Waals surface area contributed by atoms with Crippen molar-refractivity contribution in [2.75, 3.05) is 39.6 Å². The number of hydrogen-bond acceptors (Lipinski definition) is 5. The van der Waals surface area contributed by atoms with E-state index in [1.54, 1.807) is 0 Å². The van der Waals surface area contributed by atoms with Gasteiger partial charge < -0.3 is 25.7 Å². The highest BCUT2D eigenvalue weighted by Gasteiger charge is 2.11. The van der Waals surface area contributed by atoms with Crippen LogP contribution in [0.25, 0.3) is 0 Å². The molecular weight excluding hydrogens is 244 g/mol. The first kappa shape index (κ1) is 18.8. The molecule has 0 heterocycles. The third kappa shape index (κ3) is 14.0. The number of ether oxygens (including phenoxy) is 3. The van der Waals surface area contributed by atoms with Crippen LogP contribution in [0.4, 0.5) is 0 Å². The summed E-state index contributed by atoms with van der Waals surface area (Å²) < 4.78 is 16.8. The maximum Gasteiger partial charge on any atom is 0.0614 e. The van der Waals surface area contributed by atoms with Crippen molar-refractivity contribution in [1.82, 2.24) is 0 Å². The van der Waals surface area contributed by atoms with E-state index in [1.165, 1.54) is 0 Å². The Hall–Kier alpha value is -0.200. The zero-order valence-electron chi connectivity index (χ0n) is 12.9. The minimum Gasteiger partial charge on any atom is -0.381 e. The van der Waals surface area contributed by atoms with Gasteiger partial charge in [0.1, 0.15) is 0 Å². The molecule has 2 unspecified atom stereocenters. The van der Waals surface area contributed by atoms with Crippen LogP contribution in [0.5, 0.6) is 0 Å². The van der Waals surface area contributed by atoms with Crippen LogP contribution in [0.3, 0.4) is 0 Å². The van der Waals surface area contributed by atoms with Gasteiger partial charge in [0.05, 0.1) is 33.0 Å². The summed E-state index contributed by atoms with van der Waals surface area (Å²) in [5.74, 6) is 0.770. The molecule has 0 saturated heterocycles. The highest BCUT2D eigenvalue weighted by Crippen LogP contribution is 2.03. The molecule has 0 bridgehead atoms. The van der Waals surface area contributed by atoms with E-state index in [9.17, 15) is 0 Å². The predicted octanol–water partition coefficient (Wildman–Crippen LogP) is 1.00. The topological polar surface area (TPSA) is 79.7 Å². The number of rotatable bonds is 12. The van der Waals surface area contributed by atoms with Crippen molar-refractivity contribution in [3.8, 4) is 0 Å². The van der Waals surface area contributed by atoms with Gasteiger partial charge >= 0.3 is 0 Å². The van der Waals surface area contributed by atoms with Gasteiger partial charge in [-0.15, -0.1) is 0 Å². The minimum absolute atomic E-state index is 0.0576. The Bertz CT molecular complexity index is 166. The monoisotopic (exact) mass is 276 g/mol. The molecule has 0 rings (SSSR count). The zero-order valence-corrected chi connectivity index (χ0v) is 12.9. The van der Waals surface area contributed by atoms with E-state index < -0.39 is 0 Å². The highest BCUT2D eigenvalue weighted by atomic mass is 16.5. The van der Waals surface area contributed by atoms with E-state index in [2.05, 4.69) is 13.8 Å². The Balaban J connectivity index is 3.85. The molecule has 0 aliphatic carbocycles. The Kier molecular flexibility index (Phi) is 11.5. The highest BCUT2D eigenvalue weighted by molar-refractivity contribution is 4.60. The summed E-state index contributed by atoms with van der Waals surface area (Å²) in [6.07, 6.45) is 0. The van der Waals surface area contributed by atoms with Gasteiger partial charge in [0, 0.05) is 24.6 Å². The first-order valence-corrected chi connectivity index (χ1v) is 7.16. The Morgan fingerprint density at radius 3 is 1.32 bits per heavy atom. The maximum atomic E-state index is 5.65. The molecule has 4 N–H and O–H groups in total. The fourth-order valence-electron chi connectivity index (χ4n) is 1.46. The summed E-state index contributed by atoms with van der Waals surface area (Å²) in [7, 11) is 0. The number of hydrogen-bond donors (Lipinski definition) is 2. The quantitative estimate of drug-likeness (QED) is 0.556. The Morgan fingerprint density at radius 2 is 1.00 bits per heavy atom. The SMILES string of the molecule is CC(C)COCC(COCC(C)N)COCC(C)N. The summed E-state index contributed by atoms with van der Waals surface area (Å²) in [6.45, 7) is 11.9. The largest absolute Gasteiger partial charge is 0.381 e. The smallest absolute Gasteiger partial charge is 0.0614 e. The fourth-order valence-corrected chi connectivity index (χ4v) is 1.46. The second-order valence-electron chi connectivity index (χ2n) is 5.83. The third-order valence-corrected chi connectivity index (χ3v) is 2.27. The van der Waals surface area contributed by atoms with Gasteiger partial charge in [-0.1, -0.05) is 13.8 Å². The first-order chi connectivity index (χ1) is 8.91. The molecule has 0 aromatic carbocycles. The van der Waals surface area contributed by atoms with Crippen LogP contribution in [-0.2, 0) is 14.2 Å². The van der Waals surface area contributed by atoms with E-state index in [4.69, 9.17) is 25.7 Å². The maximum absolute atomic E-state index is 5.65. The van der Waals surface area contributed by atoms with Crippen LogP contribution >= 0.6 is 0 Å². The van der Waals surface area contributed by atoms with Crippen molar-refractivity contribution in [3.05, 3.63) is 0 Å². The van der Waals surface area contributed by atoms with Gasteiger partial charge in [-0.3, -0.25) is 0 Å². The van der Waals surface area contributed by atoms with Crippen LogP contribution in [0, 0.1) is 11.8 Å². The lowest BCUT2D eigenvalue weighted by Crippen LogP contribution is -2.29. The number of nitrogens with two attached hydrogens (primary N) is 2. The van der Waals surface area contributed by atoms with Crippen LogP contribution in [-0.4, -0.2) is 51.7 Å². The molecule has 0 radical (unpaired) electrons. The molecule has 5 nitrogen and oxygen atoms in total. The van der Waals surface area contributed by atoms with Gasteiger partial charge in [-0.05, 0) is 19.8 Å². The molecule has 116 valence electrons. The van der Waals surface area contributed by atoms with E-state index in [0.29, 0.717) is 39.0 Å². The van der Waals surface area contributed by atoms with Gasteiger partial charge in [0.15, 0.2) is 0 Å². The molecule has 0 aromatic rings.